The number of aromatic nitrogens is 2. The van der Waals surface area contributed by atoms with Crippen molar-refractivity contribution in [3.05, 3.63) is 18.0 Å². The monoisotopic (exact) mass is 140 g/mol. The van der Waals surface area contributed by atoms with Crippen molar-refractivity contribution in [1.82, 2.24) is 9.78 Å². The fourth-order valence-corrected chi connectivity index (χ4v) is 0.758. The molecule has 0 fully saturated rings. The predicted octanol–water partition coefficient (Wildman–Crippen LogP) is 0.745. The van der Waals surface area contributed by atoms with Crippen molar-refractivity contribution >= 4 is 0 Å². The highest BCUT2D eigenvalue weighted by Gasteiger charge is 2.01. The summed E-state index contributed by atoms with van der Waals surface area (Å²) in [7, 11) is 0. The third-order valence-electron chi connectivity index (χ3n) is 1.45. The van der Waals surface area contributed by atoms with E-state index in [4.69, 9.17) is 5.11 Å². The summed E-state index contributed by atoms with van der Waals surface area (Å²) in [6.07, 6.45) is 3.70. The smallest absolute Gasteiger partial charge is 0.0721 e. The zero-order valence-corrected chi connectivity index (χ0v) is 6.28. The first-order valence-corrected chi connectivity index (χ1v) is 3.35. The molecular formula is C7H12N2O. The molecule has 0 aliphatic rings. The predicted molar refractivity (Wildman–Crippen MR) is 38.8 cm³/mol. The Morgan fingerprint density at radius 3 is 2.90 bits per heavy atom. The van der Waals surface area contributed by atoms with Gasteiger partial charge in [0.15, 0.2) is 0 Å². The van der Waals surface area contributed by atoms with Crippen molar-refractivity contribution in [3.8, 4) is 0 Å². The summed E-state index contributed by atoms with van der Waals surface area (Å²) in [4.78, 5) is 0. The molecule has 0 amide bonds. The maximum Gasteiger partial charge on any atom is 0.0721 e. The summed E-state index contributed by atoms with van der Waals surface area (Å²) < 4.78 is 1.76. The quantitative estimate of drug-likeness (QED) is 0.658. The first-order valence-electron chi connectivity index (χ1n) is 3.35. The number of aliphatic hydroxyl groups is 1. The van der Waals surface area contributed by atoms with Crippen LogP contribution in [0, 0.1) is 6.92 Å². The number of aryl methyl sites for hydroxylation is 1. The lowest BCUT2D eigenvalue weighted by Crippen LogP contribution is -2.09. The summed E-state index contributed by atoms with van der Waals surface area (Å²) in [6.45, 7) is 4.04. The molecule has 1 N–H and O–H groups in total. The third-order valence-corrected chi connectivity index (χ3v) is 1.45. The molecule has 1 atom stereocenters. The van der Waals surface area contributed by atoms with Gasteiger partial charge in [0.2, 0.25) is 0 Å². The molecule has 0 aliphatic carbocycles. The summed E-state index contributed by atoms with van der Waals surface area (Å²) in [5.74, 6) is 0. The van der Waals surface area contributed by atoms with Crippen molar-refractivity contribution < 1.29 is 5.11 Å². The lowest BCUT2D eigenvalue weighted by Gasteiger charge is -2.06. The van der Waals surface area contributed by atoms with Crippen LogP contribution in [0.2, 0.25) is 0 Å². The van der Waals surface area contributed by atoms with E-state index >= 15 is 0 Å². The van der Waals surface area contributed by atoms with E-state index in [1.165, 1.54) is 0 Å². The van der Waals surface area contributed by atoms with Gasteiger partial charge in [-0.15, -0.1) is 0 Å². The molecule has 1 rings (SSSR count). The highest BCUT2D eigenvalue weighted by Crippen LogP contribution is 2.03. The van der Waals surface area contributed by atoms with Crippen LogP contribution in [0.25, 0.3) is 0 Å². The Hall–Kier alpha value is -0.830. The molecule has 0 saturated carbocycles. The third kappa shape index (κ3) is 1.36. The van der Waals surface area contributed by atoms with Crippen molar-refractivity contribution in [2.45, 2.75) is 19.9 Å². The van der Waals surface area contributed by atoms with Crippen LogP contribution in [0.15, 0.2) is 12.4 Å². The summed E-state index contributed by atoms with van der Waals surface area (Å²) >= 11 is 0. The van der Waals surface area contributed by atoms with E-state index in [1.807, 2.05) is 20.0 Å². The number of hydrogen-bond donors (Lipinski definition) is 1. The largest absolute Gasteiger partial charge is 0.394 e. The second-order valence-electron chi connectivity index (χ2n) is 2.53. The Kier molecular flexibility index (Phi) is 2.06. The van der Waals surface area contributed by atoms with Gasteiger partial charge in [0.25, 0.3) is 0 Å². The molecule has 1 unspecified atom stereocenters. The Labute approximate surface area is 60.3 Å². The van der Waals surface area contributed by atoms with Crippen LogP contribution in [0.3, 0.4) is 0 Å². The zero-order valence-electron chi connectivity index (χ0n) is 6.28. The van der Waals surface area contributed by atoms with E-state index in [0.717, 1.165) is 5.56 Å². The van der Waals surface area contributed by atoms with Crippen LogP contribution in [0.5, 0.6) is 0 Å². The second kappa shape index (κ2) is 2.84. The Morgan fingerprint density at radius 2 is 2.50 bits per heavy atom. The van der Waals surface area contributed by atoms with Crippen LogP contribution >= 0.6 is 0 Å². The lowest BCUT2D eigenvalue weighted by molar-refractivity contribution is 0.229. The van der Waals surface area contributed by atoms with Gasteiger partial charge >= 0.3 is 0 Å². The van der Waals surface area contributed by atoms with Gasteiger partial charge in [0, 0.05) is 6.20 Å². The van der Waals surface area contributed by atoms with Gasteiger partial charge in [0.05, 0.1) is 18.8 Å². The normalized spacial score (nSPS) is 13.5. The number of hydrogen-bond acceptors (Lipinski definition) is 2. The van der Waals surface area contributed by atoms with E-state index in [1.54, 1.807) is 10.9 Å². The molecule has 3 nitrogen and oxygen atoms in total. The maximum atomic E-state index is 8.74. The summed E-state index contributed by atoms with van der Waals surface area (Å²) in [6, 6.07) is 0.0914. The van der Waals surface area contributed by atoms with Crippen LogP contribution < -0.4 is 0 Å². The minimum atomic E-state index is 0.0914. The molecule has 0 spiro atoms. The summed E-state index contributed by atoms with van der Waals surface area (Å²) in [5, 5.41) is 12.8. The maximum absolute atomic E-state index is 8.74. The first kappa shape index (κ1) is 7.28. The van der Waals surface area contributed by atoms with E-state index < -0.39 is 0 Å². The Bertz CT molecular complexity index is 207. The van der Waals surface area contributed by atoms with Crippen molar-refractivity contribution in [1.29, 1.82) is 0 Å². The highest BCUT2D eigenvalue weighted by atomic mass is 16.3. The van der Waals surface area contributed by atoms with Crippen LogP contribution in [0.1, 0.15) is 18.5 Å². The first-order chi connectivity index (χ1) is 4.74. The summed E-state index contributed by atoms with van der Waals surface area (Å²) in [5.41, 5.74) is 1.13. The molecule has 0 aliphatic heterocycles. The number of rotatable bonds is 2. The molecule has 0 aromatic carbocycles. The van der Waals surface area contributed by atoms with E-state index in [9.17, 15) is 0 Å². The van der Waals surface area contributed by atoms with Gasteiger partial charge < -0.3 is 5.11 Å². The van der Waals surface area contributed by atoms with Gasteiger partial charge in [0.1, 0.15) is 0 Å². The lowest BCUT2D eigenvalue weighted by atomic mass is 10.4. The average molecular weight is 140 g/mol. The van der Waals surface area contributed by atoms with Crippen molar-refractivity contribution in [2.75, 3.05) is 6.61 Å². The molecule has 56 valence electrons. The van der Waals surface area contributed by atoms with E-state index in [0.29, 0.717) is 0 Å². The molecule has 1 aromatic heterocycles. The van der Waals surface area contributed by atoms with E-state index in [2.05, 4.69) is 5.10 Å². The second-order valence-corrected chi connectivity index (χ2v) is 2.53. The van der Waals surface area contributed by atoms with Crippen LogP contribution in [0.4, 0.5) is 0 Å². The number of nitrogens with zero attached hydrogens (tertiary/aromatic N) is 2. The standard InChI is InChI=1S/C7H12N2O/c1-6-3-8-9(4-6)7(2)5-10/h3-4,7,10H,5H2,1-2H3. The Balaban J connectivity index is 2.74. The molecule has 0 radical (unpaired) electrons. The molecule has 1 aromatic rings. The molecule has 1 heterocycles. The van der Waals surface area contributed by atoms with Gasteiger partial charge in [-0.05, 0) is 19.4 Å². The van der Waals surface area contributed by atoms with Gasteiger partial charge in [-0.2, -0.15) is 5.10 Å². The molecule has 10 heavy (non-hydrogen) atoms. The van der Waals surface area contributed by atoms with Crippen molar-refractivity contribution in [2.24, 2.45) is 0 Å². The minimum absolute atomic E-state index is 0.0914. The zero-order chi connectivity index (χ0) is 7.56. The van der Waals surface area contributed by atoms with Gasteiger partial charge in [-0.1, -0.05) is 0 Å². The fraction of sp³-hybridized carbons (Fsp3) is 0.571. The SMILES string of the molecule is Cc1cnn(C(C)CO)c1. The fourth-order valence-electron chi connectivity index (χ4n) is 0.758. The van der Waals surface area contributed by atoms with Gasteiger partial charge in [-0.25, -0.2) is 0 Å². The molecule has 3 heteroatoms. The minimum Gasteiger partial charge on any atom is -0.394 e. The highest BCUT2D eigenvalue weighted by molar-refractivity contribution is 5.00. The molecule has 0 bridgehead atoms. The average Bonchev–Trinajstić information content (AvgIpc) is 2.34. The van der Waals surface area contributed by atoms with Crippen molar-refractivity contribution in [3.63, 3.8) is 0 Å². The molecule has 0 saturated heterocycles. The molecular weight excluding hydrogens is 128 g/mol. The Morgan fingerprint density at radius 1 is 1.80 bits per heavy atom. The van der Waals surface area contributed by atoms with Crippen LogP contribution in [-0.4, -0.2) is 21.5 Å². The number of aliphatic hydroxyl groups excluding tert-OH is 1. The van der Waals surface area contributed by atoms with E-state index in [-0.39, 0.29) is 12.6 Å². The van der Waals surface area contributed by atoms with Gasteiger partial charge in [-0.3, -0.25) is 4.68 Å². The van der Waals surface area contributed by atoms with Crippen LogP contribution in [-0.2, 0) is 0 Å². The topological polar surface area (TPSA) is 38.0 Å².